The highest BCUT2D eigenvalue weighted by Gasteiger charge is 2.23. The monoisotopic (exact) mass is 340 g/mol. The van der Waals surface area contributed by atoms with Crippen LogP contribution in [-0.4, -0.2) is 19.2 Å². The van der Waals surface area contributed by atoms with Crippen LogP contribution < -0.4 is 4.74 Å². The van der Waals surface area contributed by atoms with Crippen molar-refractivity contribution in [2.45, 2.75) is 24.0 Å². The standard InChI is InChI=1S/C20H20O3S/c1-3-5-15-23-17-11-13-18(14-12-17)24-19(20(21)22-4-2)16-9-7-6-8-10-16/h6-14,19H,4,15H2,1-2H3/t19-/m0/s1. The van der Waals surface area contributed by atoms with E-state index >= 15 is 0 Å². The fourth-order valence-electron chi connectivity index (χ4n) is 2.04. The van der Waals surface area contributed by atoms with Gasteiger partial charge in [0.25, 0.3) is 0 Å². The summed E-state index contributed by atoms with van der Waals surface area (Å²) in [5.74, 6) is 6.17. The Morgan fingerprint density at radius 2 is 1.83 bits per heavy atom. The van der Waals surface area contributed by atoms with Crippen LogP contribution in [0.15, 0.2) is 59.5 Å². The summed E-state index contributed by atoms with van der Waals surface area (Å²) >= 11 is 1.47. The van der Waals surface area contributed by atoms with Gasteiger partial charge in [-0.25, -0.2) is 0 Å². The Morgan fingerprint density at radius 1 is 1.12 bits per heavy atom. The maximum absolute atomic E-state index is 12.3. The molecule has 124 valence electrons. The summed E-state index contributed by atoms with van der Waals surface area (Å²) in [6.07, 6.45) is 0. The summed E-state index contributed by atoms with van der Waals surface area (Å²) < 4.78 is 10.7. The molecule has 0 aromatic heterocycles. The van der Waals surface area contributed by atoms with Gasteiger partial charge in [0.1, 0.15) is 17.6 Å². The van der Waals surface area contributed by atoms with Gasteiger partial charge in [0.2, 0.25) is 0 Å². The fourth-order valence-corrected chi connectivity index (χ4v) is 3.06. The normalized spacial score (nSPS) is 11.1. The number of hydrogen-bond acceptors (Lipinski definition) is 4. The van der Waals surface area contributed by atoms with E-state index in [0.717, 1.165) is 16.2 Å². The molecule has 0 saturated carbocycles. The summed E-state index contributed by atoms with van der Waals surface area (Å²) in [7, 11) is 0. The highest BCUT2D eigenvalue weighted by Crippen LogP contribution is 2.36. The first-order valence-corrected chi connectivity index (χ1v) is 8.63. The molecule has 2 rings (SSSR count). The van der Waals surface area contributed by atoms with Gasteiger partial charge in [0, 0.05) is 4.90 Å². The van der Waals surface area contributed by atoms with Crippen LogP contribution in [0.5, 0.6) is 5.75 Å². The molecule has 0 aliphatic carbocycles. The van der Waals surface area contributed by atoms with Gasteiger partial charge in [-0.15, -0.1) is 17.7 Å². The number of benzene rings is 2. The number of carbonyl (C=O) groups is 1. The molecule has 0 spiro atoms. The Bertz CT molecular complexity index is 699. The maximum atomic E-state index is 12.3. The number of thioether (sulfide) groups is 1. The Kier molecular flexibility index (Phi) is 7.25. The van der Waals surface area contributed by atoms with Crippen LogP contribution in [0.25, 0.3) is 0 Å². The average molecular weight is 340 g/mol. The van der Waals surface area contributed by atoms with Crippen molar-refractivity contribution in [2.75, 3.05) is 13.2 Å². The lowest BCUT2D eigenvalue weighted by Gasteiger charge is -2.16. The molecule has 0 saturated heterocycles. The van der Waals surface area contributed by atoms with E-state index in [1.807, 2.05) is 61.5 Å². The number of esters is 1. The Labute approximate surface area is 147 Å². The predicted octanol–water partition coefficient (Wildman–Crippen LogP) is 4.49. The second-order valence-electron chi connectivity index (χ2n) is 4.85. The SMILES string of the molecule is CC#CCOc1ccc(S[C@H](C(=O)OCC)c2ccccc2)cc1. The molecule has 0 aliphatic rings. The Balaban J connectivity index is 2.11. The zero-order valence-corrected chi connectivity index (χ0v) is 14.6. The van der Waals surface area contributed by atoms with E-state index in [1.54, 1.807) is 6.92 Å². The summed E-state index contributed by atoms with van der Waals surface area (Å²) in [6.45, 7) is 4.34. The predicted molar refractivity (Wildman–Crippen MR) is 97.1 cm³/mol. The molecule has 0 amide bonds. The Morgan fingerprint density at radius 3 is 2.46 bits per heavy atom. The third-order valence-corrected chi connectivity index (χ3v) is 4.41. The van der Waals surface area contributed by atoms with E-state index in [4.69, 9.17) is 9.47 Å². The first-order chi connectivity index (χ1) is 11.7. The van der Waals surface area contributed by atoms with Crippen molar-refractivity contribution in [1.82, 2.24) is 0 Å². The fraction of sp³-hybridized carbons (Fsp3) is 0.250. The quantitative estimate of drug-likeness (QED) is 0.423. The van der Waals surface area contributed by atoms with Crippen molar-refractivity contribution in [3.05, 3.63) is 60.2 Å². The largest absolute Gasteiger partial charge is 0.481 e. The smallest absolute Gasteiger partial charge is 0.323 e. The third kappa shape index (κ3) is 5.36. The highest BCUT2D eigenvalue weighted by atomic mass is 32.2. The van der Waals surface area contributed by atoms with Crippen molar-refractivity contribution >= 4 is 17.7 Å². The lowest BCUT2D eigenvalue weighted by molar-refractivity contribution is -0.142. The van der Waals surface area contributed by atoms with E-state index < -0.39 is 0 Å². The summed E-state index contributed by atoms with van der Waals surface area (Å²) in [5.41, 5.74) is 0.930. The first kappa shape index (κ1) is 18.0. The molecule has 0 radical (unpaired) electrons. The second-order valence-corrected chi connectivity index (χ2v) is 6.03. The topological polar surface area (TPSA) is 35.5 Å². The van der Waals surface area contributed by atoms with Crippen LogP contribution in [0.2, 0.25) is 0 Å². The zero-order valence-electron chi connectivity index (χ0n) is 13.8. The lowest BCUT2D eigenvalue weighted by atomic mass is 10.1. The van der Waals surface area contributed by atoms with Crippen LogP contribution >= 0.6 is 11.8 Å². The van der Waals surface area contributed by atoms with Crippen molar-refractivity contribution in [3.8, 4) is 17.6 Å². The molecule has 0 bridgehead atoms. The van der Waals surface area contributed by atoms with Crippen molar-refractivity contribution in [1.29, 1.82) is 0 Å². The molecule has 24 heavy (non-hydrogen) atoms. The third-order valence-electron chi connectivity index (χ3n) is 3.17. The van der Waals surface area contributed by atoms with Crippen molar-refractivity contribution < 1.29 is 14.3 Å². The second kappa shape index (κ2) is 9.69. The number of carbonyl (C=O) groups excluding carboxylic acids is 1. The van der Waals surface area contributed by atoms with E-state index in [-0.39, 0.29) is 11.2 Å². The van der Waals surface area contributed by atoms with Crippen molar-refractivity contribution in [3.63, 3.8) is 0 Å². The number of hydrogen-bond donors (Lipinski definition) is 0. The summed E-state index contributed by atoms with van der Waals surface area (Å²) in [4.78, 5) is 13.3. The minimum atomic E-state index is -0.385. The van der Waals surface area contributed by atoms with Gasteiger partial charge in [0.15, 0.2) is 0 Å². The zero-order chi connectivity index (χ0) is 17.2. The minimum absolute atomic E-state index is 0.229. The molecular weight excluding hydrogens is 320 g/mol. The van der Waals surface area contributed by atoms with E-state index in [9.17, 15) is 4.79 Å². The van der Waals surface area contributed by atoms with E-state index in [2.05, 4.69) is 11.8 Å². The van der Waals surface area contributed by atoms with E-state index in [0.29, 0.717) is 13.2 Å². The molecule has 2 aromatic carbocycles. The van der Waals surface area contributed by atoms with Gasteiger partial charge in [-0.3, -0.25) is 4.79 Å². The Hall–Kier alpha value is -2.38. The molecule has 3 nitrogen and oxygen atoms in total. The highest BCUT2D eigenvalue weighted by molar-refractivity contribution is 8.00. The van der Waals surface area contributed by atoms with Crippen LogP contribution in [0, 0.1) is 11.8 Å². The molecule has 0 N–H and O–H groups in total. The van der Waals surface area contributed by atoms with E-state index in [1.165, 1.54) is 11.8 Å². The van der Waals surface area contributed by atoms with Gasteiger partial charge >= 0.3 is 5.97 Å². The molecular formula is C20H20O3S. The van der Waals surface area contributed by atoms with Crippen LogP contribution in [0.1, 0.15) is 24.7 Å². The van der Waals surface area contributed by atoms with Gasteiger partial charge in [-0.1, -0.05) is 36.3 Å². The summed E-state index contributed by atoms with van der Waals surface area (Å²) in [6, 6.07) is 17.3. The van der Waals surface area contributed by atoms with Gasteiger partial charge in [-0.05, 0) is 43.7 Å². The van der Waals surface area contributed by atoms with Gasteiger partial charge in [-0.2, -0.15) is 0 Å². The minimum Gasteiger partial charge on any atom is -0.481 e. The van der Waals surface area contributed by atoms with Gasteiger partial charge in [0.05, 0.1) is 6.61 Å². The molecule has 0 aliphatic heterocycles. The number of rotatable bonds is 7. The average Bonchev–Trinajstić information content (AvgIpc) is 2.62. The molecule has 2 aromatic rings. The molecule has 4 heteroatoms. The summed E-state index contributed by atoms with van der Waals surface area (Å²) in [5, 5.41) is -0.385. The number of ether oxygens (including phenoxy) is 2. The first-order valence-electron chi connectivity index (χ1n) is 7.75. The maximum Gasteiger partial charge on any atom is 0.323 e. The van der Waals surface area contributed by atoms with Crippen LogP contribution in [0.4, 0.5) is 0 Å². The van der Waals surface area contributed by atoms with Gasteiger partial charge < -0.3 is 9.47 Å². The molecule has 0 heterocycles. The molecule has 1 atom stereocenters. The van der Waals surface area contributed by atoms with Crippen LogP contribution in [0.3, 0.4) is 0 Å². The van der Waals surface area contributed by atoms with Crippen LogP contribution in [-0.2, 0) is 9.53 Å². The lowest BCUT2D eigenvalue weighted by Crippen LogP contribution is -2.13. The van der Waals surface area contributed by atoms with Crippen molar-refractivity contribution in [2.24, 2.45) is 0 Å². The molecule has 0 unspecified atom stereocenters. The molecule has 0 fully saturated rings.